The van der Waals surface area contributed by atoms with E-state index in [4.69, 9.17) is 9.47 Å². The molecular formula is C14H18O3. The molecule has 3 heteroatoms. The Bertz CT molecular complexity index is 379. The molecule has 0 aliphatic carbocycles. The van der Waals surface area contributed by atoms with Gasteiger partial charge in [0.15, 0.2) is 0 Å². The van der Waals surface area contributed by atoms with E-state index in [1.165, 1.54) is 5.56 Å². The minimum absolute atomic E-state index is 0.486. The quantitative estimate of drug-likeness (QED) is 0.445. The van der Waals surface area contributed by atoms with E-state index in [1.807, 2.05) is 24.3 Å². The Labute approximate surface area is 102 Å². The van der Waals surface area contributed by atoms with Crippen LogP contribution in [0.25, 0.3) is 0 Å². The minimum Gasteiger partial charge on any atom is -0.455 e. The molecule has 0 saturated heterocycles. The Balaban J connectivity index is 2.57. The average molecular weight is 234 g/mol. The fourth-order valence-electron chi connectivity index (χ4n) is 1.36. The summed E-state index contributed by atoms with van der Waals surface area (Å²) in [4.78, 5) is 10.9. The highest BCUT2D eigenvalue weighted by Crippen LogP contribution is 2.19. The third kappa shape index (κ3) is 4.31. The molecule has 0 aliphatic rings. The molecule has 1 aromatic carbocycles. The van der Waals surface area contributed by atoms with Crippen LogP contribution in [0.4, 0.5) is 0 Å². The van der Waals surface area contributed by atoms with Crippen molar-refractivity contribution in [1.82, 2.24) is 0 Å². The Morgan fingerprint density at radius 2 is 1.82 bits per heavy atom. The molecule has 1 rings (SSSR count). The van der Waals surface area contributed by atoms with E-state index < -0.39 is 12.3 Å². The number of carbonyl (C=O) groups excluding carboxylic acids is 1. The summed E-state index contributed by atoms with van der Waals surface area (Å²) < 4.78 is 10.3. The first kappa shape index (κ1) is 13.3. The van der Waals surface area contributed by atoms with E-state index in [0.29, 0.717) is 11.7 Å². The van der Waals surface area contributed by atoms with Crippen molar-refractivity contribution < 1.29 is 14.3 Å². The number of esters is 1. The third-order valence-corrected chi connectivity index (χ3v) is 2.30. The number of ether oxygens (including phenoxy) is 2. The largest absolute Gasteiger partial charge is 0.455 e. The molecule has 1 unspecified atom stereocenters. The van der Waals surface area contributed by atoms with Crippen molar-refractivity contribution in [3.05, 3.63) is 42.5 Å². The van der Waals surface area contributed by atoms with Gasteiger partial charge in [-0.2, -0.15) is 0 Å². The smallest absolute Gasteiger partial charge is 0.333 e. The number of benzene rings is 1. The number of rotatable bonds is 5. The van der Waals surface area contributed by atoms with Crippen LogP contribution >= 0.6 is 0 Å². The molecule has 92 valence electrons. The predicted octanol–water partition coefficient (Wildman–Crippen LogP) is 3.26. The van der Waals surface area contributed by atoms with Crippen LogP contribution in [0.15, 0.2) is 36.9 Å². The maximum absolute atomic E-state index is 10.9. The molecule has 0 aliphatic heterocycles. The minimum atomic E-state index is -0.620. The van der Waals surface area contributed by atoms with Crippen molar-refractivity contribution in [1.29, 1.82) is 0 Å². The second-order valence-corrected chi connectivity index (χ2v) is 4.05. The summed E-state index contributed by atoms with van der Waals surface area (Å²) in [6, 6.07) is 7.74. The van der Waals surface area contributed by atoms with Gasteiger partial charge in [-0.1, -0.05) is 32.6 Å². The molecule has 0 N–H and O–H groups in total. The van der Waals surface area contributed by atoms with Gasteiger partial charge >= 0.3 is 5.97 Å². The van der Waals surface area contributed by atoms with E-state index in [9.17, 15) is 4.79 Å². The Morgan fingerprint density at radius 3 is 2.29 bits per heavy atom. The van der Waals surface area contributed by atoms with Gasteiger partial charge in [0.05, 0.1) is 0 Å². The number of hydrogen-bond donors (Lipinski definition) is 0. The second-order valence-electron chi connectivity index (χ2n) is 4.05. The van der Waals surface area contributed by atoms with Gasteiger partial charge in [-0.15, -0.1) is 0 Å². The lowest BCUT2D eigenvalue weighted by Gasteiger charge is -2.15. The van der Waals surface area contributed by atoms with Crippen molar-refractivity contribution in [2.24, 2.45) is 0 Å². The lowest BCUT2D eigenvalue weighted by molar-refractivity contribution is -0.154. The first-order valence-electron chi connectivity index (χ1n) is 5.62. The summed E-state index contributed by atoms with van der Waals surface area (Å²) in [5.41, 5.74) is 1.24. The molecule has 3 nitrogen and oxygen atoms in total. The first-order valence-corrected chi connectivity index (χ1v) is 5.62. The van der Waals surface area contributed by atoms with E-state index in [1.54, 1.807) is 6.92 Å². The van der Waals surface area contributed by atoms with E-state index >= 15 is 0 Å². The fraction of sp³-hybridized carbons (Fsp3) is 0.357. The lowest BCUT2D eigenvalue weighted by atomic mass is 10.0. The predicted molar refractivity (Wildman–Crippen MR) is 66.9 cm³/mol. The molecule has 0 saturated carbocycles. The molecule has 0 heterocycles. The van der Waals surface area contributed by atoms with Gasteiger partial charge in [0.1, 0.15) is 5.75 Å². The van der Waals surface area contributed by atoms with Gasteiger partial charge in [0.25, 0.3) is 0 Å². The van der Waals surface area contributed by atoms with Crippen LogP contribution in [0.3, 0.4) is 0 Å². The van der Waals surface area contributed by atoms with Crippen molar-refractivity contribution in [2.75, 3.05) is 0 Å². The van der Waals surface area contributed by atoms with Gasteiger partial charge in [-0.3, -0.25) is 0 Å². The standard InChI is InChI=1S/C14H18O3/c1-5-14(15)17-11(4)16-13-8-6-12(7-9-13)10(2)3/h5-11H,1H2,2-4H3. The molecule has 1 atom stereocenters. The highest BCUT2D eigenvalue weighted by Gasteiger charge is 2.08. The topological polar surface area (TPSA) is 35.5 Å². The van der Waals surface area contributed by atoms with Gasteiger partial charge < -0.3 is 9.47 Å². The van der Waals surface area contributed by atoms with Crippen LogP contribution in [0.1, 0.15) is 32.3 Å². The Kier molecular flexibility index (Phi) is 4.76. The molecule has 17 heavy (non-hydrogen) atoms. The molecular weight excluding hydrogens is 216 g/mol. The second kappa shape index (κ2) is 6.09. The number of carbonyl (C=O) groups is 1. The zero-order valence-corrected chi connectivity index (χ0v) is 10.5. The molecule has 0 bridgehead atoms. The van der Waals surface area contributed by atoms with Crippen LogP contribution in [0.2, 0.25) is 0 Å². The maximum atomic E-state index is 10.9. The zero-order valence-electron chi connectivity index (χ0n) is 10.5. The van der Waals surface area contributed by atoms with Gasteiger partial charge in [-0.25, -0.2) is 4.79 Å². The summed E-state index contributed by atoms with van der Waals surface area (Å²) in [6.45, 7) is 9.24. The van der Waals surface area contributed by atoms with Crippen LogP contribution in [-0.2, 0) is 9.53 Å². The van der Waals surface area contributed by atoms with Crippen LogP contribution in [-0.4, -0.2) is 12.3 Å². The lowest BCUT2D eigenvalue weighted by Crippen LogP contribution is -2.19. The molecule has 0 radical (unpaired) electrons. The van der Waals surface area contributed by atoms with E-state index in [0.717, 1.165) is 6.08 Å². The van der Waals surface area contributed by atoms with Crippen molar-refractivity contribution >= 4 is 5.97 Å². The molecule has 0 spiro atoms. The van der Waals surface area contributed by atoms with Crippen LogP contribution in [0.5, 0.6) is 5.75 Å². The highest BCUT2D eigenvalue weighted by molar-refractivity contribution is 5.81. The van der Waals surface area contributed by atoms with Crippen LogP contribution in [0, 0.1) is 0 Å². The Morgan fingerprint density at radius 1 is 1.24 bits per heavy atom. The maximum Gasteiger partial charge on any atom is 0.333 e. The van der Waals surface area contributed by atoms with Gasteiger partial charge in [0.2, 0.25) is 6.29 Å². The number of hydrogen-bond acceptors (Lipinski definition) is 3. The van der Waals surface area contributed by atoms with Gasteiger partial charge in [0, 0.05) is 13.0 Å². The van der Waals surface area contributed by atoms with Crippen molar-refractivity contribution in [2.45, 2.75) is 33.0 Å². The zero-order chi connectivity index (χ0) is 12.8. The summed E-state index contributed by atoms with van der Waals surface area (Å²) in [7, 11) is 0. The van der Waals surface area contributed by atoms with Crippen molar-refractivity contribution in [3.63, 3.8) is 0 Å². The molecule has 0 amide bonds. The molecule has 0 fully saturated rings. The average Bonchev–Trinajstić information content (AvgIpc) is 2.29. The molecule has 1 aromatic rings. The normalized spacial score (nSPS) is 12.0. The Hall–Kier alpha value is -1.77. The first-order chi connectivity index (χ1) is 8.02. The molecule has 0 aromatic heterocycles. The fourth-order valence-corrected chi connectivity index (χ4v) is 1.36. The van der Waals surface area contributed by atoms with Crippen LogP contribution < -0.4 is 4.74 Å². The summed E-state index contributed by atoms with van der Waals surface area (Å²) in [5, 5.41) is 0. The van der Waals surface area contributed by atoms with Crippen molar-refractivity contribution in [3.8, 4) is 5.75 Å². The SMILES string of the molecule is C=CC(=O)OC(C)Oc1ccc(C(C)C)cc1. The highest BCUT2D eigenvalue weighted by atomic mass is 16.7. The van der Waals surface area contributed by atoms with E-state index in [2.05, 4.69) is 20.4 Å². The third-order valence-electron chi connectivity index (χ3n) is 2.30. The monoisotopic (exact) mass is 234 g/mol. The summed E-state index contributed by atoms with van der Waals surface area (Å²) in [5.74, 6) is 0.676. The summed E-state index contributed by atoms with van der Waals surface area (Å²) in [6.07, 6.45) is 0.493. The summed E-state index contributed by atoms with van der Waals surface area (Å²) >= 11 is 0. The van der Waals surface area contributed by atoms with E-state index in [-0.39, 0.29) is 0 Å². The van der Waals surface area contributed by atoms with Gasteiger partial charge in [-0.05, 0) is 23.6 Å².